The minimum absolute atomic E-state index is 0.366. The molecule has 6 heteroatoms. The number of nitrogens with one attached hydrogen (secondary N) is 1. The molecular formula is C11H19N5O. The zero-order valence-electron chi connectivity index (χ0n) is 10.6. The van der Waals surface area contributed by atoms with Crippen molar-refractivity contribution in [1.82, 2.24) is 15.0 Å². The van der Waals surface area contributed by atoms with Gasteiger partial charge in [-0.05, 0) is 26.7 Å². The molecule has 1 heterocycles. The lowest BCUT2D eigenvalue weighted by molar-refractivity contribution is 0.378. The lowest BCUT2D eigenvalue weighted by Gasteiger charge is -2.20. The Morgan fingerprint density at radius 3 is 2.59 bits per heavy atom. The maximum atomic E-state index is 5.11. The molecule has 17 heavy (non-hydrogen) atoms. The molecule has 6 nitrogen and oxygen atoms in total. The molecule has 0 atom stereocenters. The lowest BCUT2D eigenvalue weighted by atomic mass is 10.5. The number of anilines is 2. The van der Waals surface area contributed by atoms with E-state index in [1.807, 2.05) is 6.92 Å². The minimum Gasteiger partial charge on any atom is -0.467 e. The van der Waals surface area contributed by atoms with Gasteiger partial charge in [0.1, 0.15) is 0 Å². The highest BCUT2D eigenvalue weighted by Gasteiger charge is 2.30. The first-order chi connectivity index (χ1) is 8.28. The van der Waals surface area contributed by atoms with Crippen molar-refractivity contribution in [3.05, 3.63) is 0 Å². The Kier molecular flexibility index (Phi) is 3.61. The molecule has 1 saturated carbocycles. The molecule has 0 aliphatic heterocycles. The molecule has 2 rings (SSSR count). The van der Waals surface area contributed by atoms with Gasteiger partial charge in [-0.15, -0.1) is 0 Å². The van der Waals surface area contributed by atoms with E-state index in [4.69, 9.17) is 4.74 Å². The summed E-state index contributed by atoms with van der Waals surface area (Å²) in [7, 11) is 1.57. The fourth-order valence-corrected chi connectivity index (χ4v) is 1.75. The molecule has 1 aliphatic rings. The van der Waals surface area contributed by atoms with Crippen LogP contribution in [0.25, 0.3) is 0 Å². The summed E-state index contributed by atoms with van der Waals surface area (Å²) in [5.74, 6) is 1.28. The third-order valence-corrected chi connectivity index (χ3v) is 2.71. The fourth-order valence-electron chi connectivity index (χ4n) is 1.75. The number of ether oxygens (including phenoxy) is 1. The van der Waals surface area contributed by atoms with E-state index in [-0.39, 0.29) is 0 Å². The molecule has 0 spiro atoms. The summed E-state index contributed by atoms with van der Waals surface area (Å²) in [6, 6.07) is 0.951. The molecule has 0 saturated heterocycles. The maximum Gasteiger partial charge on any atom is 0.322 e. The summed E-state index contributed by atoms with van der Waals surface area (Å²) in [5, 5.41) is 3.09. The first-order valence-corrected chi connectivity index (χ1v) is 6.09. The molecule has 1 N–H and O–H groups in total. The summed E-state index contributed by atoms with van der Waals surface area (Å²) in [4.78, 5) is 15.1. The third-order valence-electron chi connectivity index (χ3n) is 2.71. The van der Waals surface area contributed by atoms with Crippen LogP contribution in [0.5, 0.6) is 6.01 Å². The normalized spacial score (nSPS) is 14.5. The van der Waals surface area contributed by atoms with Crippen molar-refractivity contribution >= 4 is 11.9 Å². The van der Waals surface area contributed by atoms with Crippen LogP contribution in [0.3, 0.4) is 0 Å². The molecule has 0 bridgehead atoms. The molecular weight excluding hydrogens is 218 g/mol. The van der Waals surface area contributed by atoms with E-state index in [1.54, 1.807) is 7.11 Å². The maximum absolute atomic E-state index is 5.11. The van der Waals surface area contributed by atoms with Gasteiger partial charge in [0, 0.05) is 19.1 Å². The predicted molar refractivity (Wildman–Crippen MR) is 66.6 cm³/mol. The highest BCUT2D eigenvalue weighted by molar-refractivity contribution is 5.40. The number of nitrogens with zero attached hydrogens (tertiary/aromatic N) is 4. The number of hydrogen-bond donors (Lipinski definition) is 1. The number of aromatic nitrogens is 3. The van der Waals surface area contributed by atoms with Crippen LogP contribution in [0.15, 0.2) is 0 Å². The second-order valence-corrected chi connectivity index (χ2v) is 3.99. The van der Waals surface area contributed by atoms with Crippen LogP contribution in [0.2, 0.25) is 0 Å². The first kappa shape index (κ1) is 11.9. The largest absolute Gasteiger partial charge is 0.467 e. The first-order valence-electron chi connectivity index (χ1n) is 6.09. The molecule has 1 aromatic rings. The van der Waals surface area contributed by atoms with Gasteiger partial charge in [0.25, 0.3) is 0 Å². The van der Waals surface area contributed by atoms with Gasteiger partial charge >= 0.3 is 6.01 Å². The predicted octanol–water partition coefficient (Wildman–Crippen LogP) is 1.30. The quantitative estimate of drug-likeness (QED) is 0.804. The van der Waals surface area contributed by atoms with Gasteiger partial charge in [0.2, 0.25) is 11.9 Å². The molecule has 94 valence electrons. The average Bonchev–Trinajstić information content (AvgIpc) is 3.15. The molecule has 0 radical (unpaired) electrons. The summed E-state index contributed by atoms with van der Waals surface area (Å²) >= 11 is 0. The van der Waals surface area contributed by atoms with E-state index >= 15 is 0 Å². The summed E-state index contributed by atoms with van der Waals surface area (Å²) < 4.78 is 5.11. The van der Waals surface area contributed by atoms with Crippen molar-refractivity contribution in [1.29, 1.82) is 0 Å². The summed E-state index contributed by atoms with van der Waals surface area (Å²) in [6.45, 7) is 5.81. The monoisotopic (exact) mass is 237 g/mol. The van der Waals surface area contributed by atoms with Crippen LogP contribution < -0.4 is 15.0 Å². The highest BCUT2D eigenvalue weighted by Crippen LogP contribution is 2.30. The van der Waals surface area contributed by atoms with Crippen molar-refractivity contribution < 1.29 is 4.74 Å². The summed E-state index contributed by atoms with van der Waals surface area (Å²) in [6.07, 6.45) is 2.44. The molecule has 1 fully saturated rings. The smallest absolute Gasteiger partial charge is 0.322 e. The van der Waals surface area contributed by atoms with E-state index in [0.29, 0.717) is 23.9 Å². The van der Waals surface area contributed by atoms with E-state index < -0.39 is 0 Å². The van der Waals surface area contributed by atoms with Gasteiger partial charge in [0.15, 0.2) is 0 Å². The lowest BCUT2D eigenvalue weighted by Crippen LogP contribution is -2.27. The van der Waals surface area contributed by atoms with Gasteiger partial charge in [-0.25, -0.2) is 0 Å². The second kappa shape index (κ2) is 5.16. The van der Waals surface area contributed by atoms with Crippen molar-refractivity contribution in [2.45, 2.75) is 32.7 Å². The fraction of sp³-hybridized carbons (Fsp3) is 0.727. The number of hydrogen-bond acceptors (Lipinski definition) is 6. The SMILES string of the molecule is CCNc1nc(OC)nc(N(CC)C2CC2)n1. The van der Waals surface area contributed by atoms with Crippen molar-refractivity contribution in [2.75, 3.05) is 30.4 Å². The third kappa shape index (κ3) is 2.75. The zero-order chi connectivity index (χ0) is 12.3. The molecule has 1 aromatic heterocycles. The Morgan fingerprint density at radius 2 is 2.06 bits per heavy atom. The topological polar surface area (TPSA) is 63.2 Å². The van der Waals surface area contributed by atoms with Gasteiger partial charge < -0.3 is 15.0 Å². The van der Waals surface area contributed by atoms with E-state index in [9.17, 15) is 0 Å². The molecule has 1 aliphatic carbocycles. The number of rotatable bonds is 6. The van der Waals surface area contributed by atoms with E-state index in [2.05, 4.69) is 32.1 Å². The van der Waals surface area contributed by atoms with Gasteiger partial charge in [-0.3, -0.25) is 0 Å². The van der Waals surface area contributed by atoms with Gasteiger partial charge in [-0.2, -0.15) is 15.0 Å². The van der Waals surface area contributed by atoms with E-state index in [1.165, 1.54) is 12.8 Å². The Morgan fingerprint density at radius 1 is 1.29 bits per heavy atom. The van der Waals surface area contributed by atoms with Gasteiger partial charge in [-0.1, -0.05) is 0 Å². The average molecular weight is 237 g/mol. The second-order valence-electron chi connectivity index (χ2n) is 3.99. The molecule has 0 amide bonds. The van der Waals surface area contributed by atoms with Crippen LogP contribution in [0, 0.1) is 0 Å². The van der Waals surface area contributed by atoms with E-state index in [0.717, 1.165) is 13.1 Å². The van der Waals surface area contributed by atoms with Crippen LogP contribution in [-0.4, -0.2) is 41.2 Å². The molecule has 0 aromatic carbocycles. The van der Waals surface area contributed by atoms with Crippen LogP contribution in [0.1, 0.15) is 26.7 Å². The standard InChI is InChI=1S/C11H19N5O/c1-4-12-9-13-10(15-11(14-9)17-3)16(5-2)8-6-7-8/h8H,4-7H2,1-3H3,(H,12,13,14,15). The Bertz CT molecular complexity index is 380. The number of methoxy groups -OCH3 is 1. The Labute approximate surface area is 101 Å². The van der Waals surface area contributed by atoms with Crippen LogP contribution >= 0.6 is 0 Å². The van der Waals surface area contributed by atoms with Crippen molar-refractivity contribution in [3.8, 4) is 6.01 Å². The van der Waals surface area contributed by atoms with Gasteiger partial charge in [0.05, 0.1) is 7.11 Å². The Balaban J connectivity index is 2.27. The van der Waals surface area contributed by atoms with Crippen LogP contribution in [0.4, 0.5) is 11.9 Å². The zero-order valence-corrected chi connectivity index (χ0v) is 10.6. The molecule has 0 unspecified atom stereocenters. The Hall–Kier alpha value is -1.59. The minimum atomic E-state index is 0.366. The van der Waals surface area contributed by atoms with Crippen molar-refractivity contribution in [2.24, 2.45) is 0 Å². The highest BCUT2D eigenvalue weighted by atomic mass is 16.5. The van der Waals surface area contributed by atoms with Crippen molar-refractivity contribution in [3.63, 3.8) is 0 Å². The summed E-state index contributed by atoms with van der Waals surface area (Å²) in [5.41, 5.74) is 0. The van der Waals surface area contributed by atoms with Crippen LogP contribution in [-0.2, 0) is 0 Å².